The Bertz CT molecular complexity index is 750. The zero-order chi connectivity index (χ0) is 23.0. The summed E-state index contributed by atoms with van der Waals surface area (Å²) in [4.78, 5) is 0. The summed E-state index contributed by atoms with van der Waals surface area (Å²) in [6, 6.07) is 0. The van der Waals surface area contributed by atoms with E-state index in [0.717, 1.165) is 44.9 Å². The maximum Gasteiger partial charge on any atom is 0.273 e. The first-order valence-corrected chi connectivity index (χ1v) is 12.4. The van der Waals surface area contributed by atoms with Crippen LogP contribution in [0.3, 0.4) is 0 Å². The zero-order valence-corrected chi connectivity index (χ0v) is 20.1. The summed E-state index contributed by atoms with van der Waals surface area (Å²) in [7, 11) is 0. The molecule has 0 aromatic rings. The summed E-state index contributed by atoms with van der Waals surface area (Å²) in [6.45, 7) is 9.75. The van der Waals surface area contributed by atoms with Crippen molar-refractivity contribution in [2.24, 2.45) is 40.2 Å². The molecule has 5 heteroatoms. The molecule has 0 radical (unpaired) electrons. The van der Waals surface area contributed by atoms with Gasteiger partial charge in [-0.2, -0.15) is 0 Å². The highest BCUT2D eigenvalue weighted by Gasteiger charge is 2.65. The van der Waals surface area contributed by atoms with Crippen LogP contribution in [0.4, 0.5) is 8.78 Å². The lowest BCUT2D eigenvalue weighted by Gasteiger charge is -2.64. The molecule has 4 rings (SSSR count). The highest BCUT2D eigenvalue weighted by molar-refractivity contribution is 5.33. The van der Waals surface area contributed by atoms with Crippen molar-refractivity contribution in [3.63, 3.8) is 0 Å². The van der Waals surface area contributed by atoms with E-state index in [0.29, 0.717) is 18.3 Å². The molecule has 0 bridgehead atoms. The second-order valence-electron chi connectivity index (χ2n) is 12.5. The van der Waals surface area contributed by atoms with Gasteiger partial charge in [0.2, 0.25) is 0 Å². The van der Waals surface area contributed by atoms with E-state index < -0.39 is 17.6 Å². The number of aliphatic hydroxyl groups excluding tert-OH is 1. The topological polar surface area (TPSA) is 66.5 Å². The normalized spacial score (nSPS) is 49.5. The van der Waals surface area contributed by atoms with Gasteiger partial charge in [-0.3, -0.25) is 0 Å². The number of halogens is 2. The third kappa shape index (κ3) is 3.44. The molecule has 0 spiro atoms. The van der Waals surface area contributed by atoms with Crippen LogP contribution in [0.2, 0.25) is 0 Å². The lowest BCUT2D eigenvalue weighted by molar-refractivity contribution is -0.126. The van der Waals surface area contributed by atoms with Crippen LogP contribution in [0.25, 0.3) is 0 Å². The van der Waals surface area contributed by atoms with Crippen molar-refractivity contribution in [3.05, 3.63) is 11.6 Å². The molecule has 0 heterocycles. The SMILES string of the molecule is C[C@H](CC(F)(F)[C@@H](C)O)[C@H]1CC[C@H]2[C@@H]3CC=C4C[C@@](C)(O)CC[C@]4(C)[C@@]3(N)CC[C@]12C. The van der Waals surface area contributed by atoms with Crippen LogP contribution in [0.15, 0.2) is 11.6 Å². The molecule has 4 N–H and O–H groups in total. The second kappa shape index (κ2) is 7.24. The molecule has 0 saturated heterocycles. The maximum atomic E-state index is 14.3. The number of hydrogen-bond acceptors (Lipinski definition) is 3. The molecule has 4 aliphatic carbocycles. The Morgan fingerprint density at radius 1 is 1.10 bits per heavy atom. The molecule has 0 aliphatic heterocycles. The van der Waals surface area contributed by atoms with E-state index in [1.165, 1.54) is 12.5 Å². The van der Waals surface area contributed by atoms with Crippen LogP contribution in [-0.4, -0.2) is 33.4 Å². The summed E-state index contributed by atoms with van der Waals surface area (Å²) >= 11 is 0. The van der Waals surface area contributed by atoms with E-state index in [4.69, 9.17) is 5.73 Å². The summed E-state index contributed by atoms with van der Waals surface area (Å²) in [5.74, 6) is -2.08. The highest BCUT2D eigenvalue weighted by Crippen LogP contribution is 2.68. The molecule has 4 aliphatic rings. The summed E-state index contributed by atoms with van der Waals surface area (Å²) in [5, 5.41) is 20.2. The molecule has 0 unspecified atom stereocenters. The van der Waals surface area contributed by atoms with Gasteiger partial charge >= 0.3 is 0 Å². The van der Waals surface area contributed by atoms with Gasteiger partial charge in [-0.15, -0.1) is 0 Å². The Hall–Kier alpha value is -0.520. The van der Waals surface area contributed by atoms with Crippen LogP contribution < -0.4 is 5.73 Å². The molecule has 31 heavy (non-hydrogen) atoms. The Morgan fingerprint density at radius 3 is 2.42 bits per heavy atom. The monoisotopic (exact) mass is 439 g/mol. The average Bonchev–Trinajstić information content (AvgIpc) is 3.00. The van der Waals surface area contributed by atoms with Crippen LogP contribution >= 0.6 is 0 Å². The van der Waals surface area contributed by atoms with E-state index in [2.05, 4.69) is 19.9 Å². The Morgan fingerprint density at radius 2 is 1.77 bits per heavy atom. The summed E-state index contributed by atoms with van der Waals surface area (Å²) in [6.07, 6.45) is 7.84. The van der Waals surface area contributed by atoms with Gasteiger partial charge in [0.25, 0.3) is 5.92 Å². The van der Waals surface area contributed by atoms with Crippen LogP contribution in [0.5, 0.6) is 0 Å². The van der Waals surface area contributed by atoms with Crippen LogP contribution in [-0.2, 0) is 0 Å². The lowest BCUT2D eigenvalue weighted by Crippen LogP contribution is -2.68. The van der Waals surface area contributed by atoms with E-state index in [1.54, 1.807) is 0 Å². The maximum absolute atomic E-state index is 14.3. The average molecular weight is 440 g/mol. The van der Waals surface area contributed by atoms with Crippen molar-refractivity contribution in [2.45, 2.75) is 116 Å². The van der Waals surface area contributed by atoms with Crippen molar-refractivity contribution in [1.82, 2.24) is 0 Å². The third-order valence-electron chi connectivity index (χ3n) is 10.7. The fraction of sp³-hybridized carbons (Fsp3) is 0.923. The first kappa shape index (κ1) is 23.6. The molecular weight excluding hydrogens is 396 g/mol. The second-order valence-corrected chi connectivity index (χ2v) is 12.5. The molecular formula is C26H43F2NO2. The minimum Gasteiger partial charge on any atom is -0.390 e. The Kier molecular flexibility index (Phi) is 5.52. The number of fused-ring (bicyclic) bond motifs is 5. The number of allylic oxidation sites excluding steroid dienone is 1. The Labute approximate surface area is 186 Å². The molecule has 0 aromatic carbocycles. The molecule has 3 fully saturated rings. The lowest BCUT2D eigenvalue weighted by atomic mass is 9.43. The van der Waals surface area contributed by atoms with E-state index in [-0.39, 0.29) is 34.6 Å². The predicted molar refractivity (Wildman–Crippen MR) is 120 cm³/mol. The van der Waals surface area contributed by atoms with Crippen molar-refractivity contribution < 1.29 is 19.0 Å². The molecule has 178 valence electrons. The fourth-order valence-electron chi connectivity index (χ4n) is 8.55. The number of alkyl halides is 2. The van der Waals surface area contributed by atoms with Crippen molar-refractivity contribution in [3.8, 4) is 0 Å². The van der Waals surface area contributed by atoms with Gasteiger partial charge in [0.15, 0.2) is 0 Å². The predicted octanol–water partition coefficient (Wildman–Crippen LogP) is 5.44. The van der Waals surface area contributed by atoms with Gasteiger partial charge in [-0.1, -0.05) is 32.4 Å². The van der Waals surface area contributed by atoms with Gasteiger partial charge < -0.3 is 15.9 Å². The van der Waals surface area contributed by atoms with Gasteiger partial charge in [0, 0.05) is 17.4 Å². The first-order chi connectivity index (χ1) is 14.2. The molecule has 3 nitrogen and oxygen atoms in total. The van der Waals surface area contributed by atoms with E-state index in [9.17, 15) is 19.0 Å². The smallest absolute Gasteiger partial charge is 0.273 e. The van der Waals surface area contributed by atoms with Crippen LogP contribution in [0, 0.1) is 34.5 Å². The molecule has 9 atom stereocenters. The van der Waals surface area contributed by atoms with Gasteiger partial charge in [-0.05, 0) is 94.3 Å². The third-order valence-corrected chi connectivity index (χ3v) is 10.7. The minimum atomic E-state index is -3.03. The minimum absolute atomic E-state index is 0.0313. The Balaban J connectivity index is 1.60. The number of nitrogens with two attached hydrogens (primary N) is 1. The molecule has 0 aromatic heterocycles. The first-order valence-electron chi connectivity index (χ1n) is 12.4. The summed E-state index contributed by atoms with van der Waals surface area (Å²) in [5.41, 5.74) is 7.72. The largest absolute Gasteiger partial charge is 0.390 e. The van der Waals surface area contributed by atoms with E-state index in [1.807, 2.05) is 13.8 Å². The fourth-order valence-corrected chi connectivity index (χ4v) is 8.55. The van der Waals surface area contributed by atoms with Gasteiger partial charge in [-0.25, -0.2) is 8.78 Å². The molecule has 3 saturated carbocycles. The van der Waals surface area contributed by atoms with Gasteiger partial charge in [0.05, 0.1) is 5.60 Å². The van der Waals surface area contributed by atoms with Crippen LogP contribution in [0.1, 0.15) is 92.4 Å². The quantitative estimate of drug-likeness (QED) is 0.511. The molecule has 0 amide bonds. The van der Waals surface area contributed by atoms with Crippen molar-refractivity contribution in [1.29, 1.82) is 0 Å². The van der Waals surface area contributed by atoms with Crippen molar-refractivity contribution in [2.75, 3.05) is 0 Å². The highest BCUT2D eigenvalue weighted by atomic mass is 19.3. The number of hydrogen-bond donors (Lipinski definition) is 3. The summed E-state index contributed by atoms with van der Waals surface area (Å²) < 4.78 is 28.7. The zero-order valence-electron chi connectivity index (χ0n) is 20.1. The standard InChI is InChI=1S/C26H43F2NO2/c1-16(14-26(27,28)17(2)30)19-8-9-20-21-7-6-18-15-22(3,31)10-12-24(18,5)25(21,29)13-11-23(19,20)4/h6,16-17,19-21,30-31H,7-15,29H2,1-5H3/t16-,17-,19-,20+,21+,22+,23-,24+,25-/m1/s1. The number of aliphatic hydroxyl groups is 2. The van der Waals surface area contributed by atoms with E-state index >= 15 is 0 Å². The van der Waals surface area contributed by atoms with Gasteiger partial charge in [0.1, 0.15) is 6.10 Å². The van der Waals surface area contributed by atoms with Crippen molar-refractivity contribution >= 4 is 0 Å². The number of rotatable bonds is 4.